The second-order valence-electron chi connectivity index (χ2n) is 20.7. The topological polar surface area (TPSA) is 204 Å². The molecule has 17 heteroatoms. The van der Waals surface area contributed by atoms with Crippen molar-refractivity contribution in [1.82, 2.24) is 15.1 Å². The second-order valence-corrected chi connectivity index (χ2v) is 20.7. The predicted molar refractivity (Wildman–Crippen MR) is 242 cm³/mol. The lowest BCUT2D eigenvalue weighted by molar-refractivity contribution is -0.320. The molecule has 65 heavy (non-hydrogen) atoms. The van der Waals surface area contributed by atoms with Crippen molar-refractivity contribution in [2.75, 3.05) is 41.9 Å². The van der Waals surface area contributed by atoms with Crippen LogP contribution in [0.5, 0.6) is 0 Å². The molecule has 0 spiro atoms. The largest absolute Gasteiger partial charge is 0.459 e. The lowest BCUT2D eigenvalue weighted by Gasteiger charge is -2.49. The molecular formula is C48H87N3O14. The third kappa shape index (κ3) is 13.4. The van der Waals surface area contributed by atoms with Gasteiger partial charge in [0.05, 0.1) is 48.4 Å². The van der Waals surface area contributed by atoms with Crippen molar-refractivity contribution < 1.29 is 67.6 Å². The monoisotopic (exact) mass is 930 g/mol. The number of likely N-dealkylation sites (N-methyl/N-ethyl adjacent to an activating group) is 1. The Morgan fingerprint density at radius 2 is 1.49 bits per heavy atom. The number of amides is 1. The summed E-state index contributed by atoms with van der Waals surface area (Å²) in [6, 6.07) is -0.791. The summed E-state index contributed by atoms with van der Waals surface area (Å²) in [7, 11) is 8.89. The summed E-state index contributed by atoms with van der Waals surface area (Å²) in [5.74, 6) is -4.05. The van der Waals surface area contributed by atoms with E-state index in [9.17, 15) is 29.7 Å². The molecule has 1 amide bonds. The van der Waals surface area contributed by atoms with Crippen molar-refractivity contribution in [3.05, 3.63) is 0 Å². The van der Waals surface area contributed by atoms with Crippen molar-refractivity contribution in [3.8, 4) is 0 Å². The zero-order valence-corrected chi connectivity index (χ0v) is 42.2. The Bertz CT molecular complexity index is 1530. The highest BCUT2D eigenvalue weighted by atomic mass is 16.7. The van der Waals surface area contributed by atoms with E-state index in [2.05, 4.69) is 17.3 Å². The molecule has 4 N–H and O–H groups in total. The molecule has 4 fully saturated rings. The van der Waals surface area contributed by atoms with Crippen LogP contribution in [0.4, 0.5) is 0 Å². The molecule has 0 radical (unpaired) electrons. The number of nitrogens with one attached hydrogen (secondary N) is 1. The predicted octanol–water partition coefficient (Wildman–Crippen LogP) is 3.94. The number of aliphatic hydroxyl groups is 3. The van der Waals surface area contributed by atoms with Crippen LogP contribution in [-0.2, 0) is 52.3 Å². The Hall–Kier alpha value is -2.03. The number of carbonyl (C=O) groups is 3. The molecular weight excluding hydrogens is 843 g/mol. The Labute approximate surface area is 389 Å². The second kappa shape index (κ2) is 23.5. The van der Waals surface area contributed by atoms with Crippen molar-refractivity contribution >= 4 is 17.8 Å². The van der Waals surface area contributed by atoms with E-state index in [4.69, 9.17) is 37.9 Å². The van der Waals surface area contributed by atoms with Gasteiger partial charge in [0.15, 0.2) is 18.7 Å². The van der Waals surface area contributed by atoms with Crippen molar-refractivity contribution in [1.29, 1.82) is 0 Å². The van der Waals surface area contributed by atoms with Crippen LogP contribution in [0.3, 0.4) is 0 Å². The molecule has 3 heterocycles. The number of hydrogen-bond acceptors (Lipinski definition) is 16. The molecule has 4 rings (SSSR count). The zero-order chi connectivity index (χ0) is 48.8. The molecule has 1 saturated carbocycles. The van der Waals surface area contributed by atoms with Gasteiger partial charge in [0.2, 0.25) is 5.91 Å². The van der Waals surface area contributed by atoms with Gasteiger partial charge in [0.25, 0.3) is 0 Å². The molecule has 4 aliphatic rings. The van der Waals surface area contributed by atoms with Gasteiger partial charge < -0.3 is 68.3 Å². The number of hydrogen-bond donors (Lipinski definition) is 4. The van der Waals surface area contributed by atoms with Crippen LogP contribution in [0, 0.1) is 17.8 Å². The smallest absolute Gasteiger partial charge is 0.311 e. The maximum atomic E-state index is 14.5. The minimum absolute atomic E-state index is 0.0877. The fourth-order valence-electron chi connectivity index (χ4n) is 10.8. The van der Waals surface area contributed by atoms with E-state index in [-0.39, 0.29) is 43.8 Å². The van der Waals surface area contributed by atoms with E-state index in [0.29, 0.717) is 19.0 Å². The molecule has 0 unspecified atom stereocenters. The molecule has 3 aliphatic heterocycles. The normalized spacial score (nSPS) is 43.4. The summed E-state index contributed by atoms with van der Waals surface area (Å²) in [5.41, 5.74) is -4.33. The fourth-order valence-corrected chi connectivity index (χ4v) is 10.8. The summed E-state index contributed by atoms with van der Waals surface area (Å²) in [4.78, 5) is 46.0. The highest BCUT2D eigenvalue weighted by Crippen LogP contribution is 2.42. The van der Waals surface area contributed by atoms with E-state index in [1.54, 1.807) is 48.7 Å². The van der Waals surface area contributed by atoms with Crippen LogP contribution in [0.25, 0.3) is 0 Å². The van der Waals surface area contributed by atoms with Crippen molar-refractivity contribution in [2.24, 2.45) is 17.8 Å². The van der Waals surface area contributed by atoms with E-state index < -0.39 is 108 Å². The first-order chi connectivity index (χ1) is 30.3. The van der Waals surface area contributed by atoms with Crippen molar-refractivity contribution in [2.45, 2.75) is 230 Å². The van der Waals surface area contributed by atoms with Crippen LogP contribution in [-0.4, -0.2) is 181 Å². The minimum Gasteiger partial charge on any atom is -0.459 e. The molecule has 17 nitrogen and oxygen atoms in total. The molecule has 0 aromatic carbocycles. The Morgan fingerprint density at radius 3 is 2.08 bits per heavy atom. The zero-order valence-electron chi connectivity index (χ0n) is 42.2. The van der Waals surface area contributed by atoms with Crippen molar-refractivity contribution in [3.63, 3.8) is 0 Å². The number of methoxy groups -OCH3 is 2. The lowest BCUT2D eigenvalue weighted by Crippen LogP contribution is -2.61. The highest BCUT2D eigenvalue weighted by Gasteiger charge is 2.54. The molecule has 0 aromatic heterocycles. The first kappa shape index (κ1) is 55.6. The van der Waals surface area contributed by atoms with Gasteiger partial charge >= 0.3 is 11.9 Å². The summed E-state index contributed by atoms with van der Waals surface area (Å²) in [6.45, 7) is 17.9. The maximum Gasteiger partial charge on any atom is 0.311 e. The van der Waals surface area contributed by atoms with E-state index in [0.717, 1.165) is 12.8 Å². The third-order valence-corrected chi connectivity index (χ3v) is 15.2. The quantitative estimate of drug-likeness (QED) is 0.193. The van der Waals surface area contributed by atoms with Gasteiger partial charge in [-0.2, -0.15) is 0 Å². The number of rotatable bonds is 13. The summed E-state index contributed by atoms with van der Waals surface area (Å²) >= 11 is 0. The Kier molecular flexibility index (Phi) is 20.1. The number of aliphatic hydroxyl groups excluding tert-OH is 2. The maximum absolute atomic E-state index is 14.5. The SMILES string of the molecule is CC[C@H]1OC(=O)[C@H](C)[C@@H](O[C@H]2C[C@@](C)(OC)[C@@H](OC(=O)CCN(C)C3CCCCC3)[C@H](C)O2)[C@H](C)[C@@H](O[C@@H]2O[C@H](C)C[C@H](N(C)C)[C@H]2O)[C@](C)(OC)C[C@@H](C)C(=O)N[C@H](C)[C@@H](O)[C@]1(C)O. The van der Waals surface area contributed by atoms with Gasteiger partial charge in [-0.3, -0.25) is 14.4 Å². The molecule has 3 saturated heterocycles. The van der Waals surface area contributed by atoms with Gasteiger partial charge in [0.1, 0.15) is 29.5 Å². The number of carbonyl (C=O) groups excluding carboxylic acids is 3. The Morgan fingerprint density at radius 1 is 0.877 bits per heavy atom. The van der Waals surface area contributed by atoms with Gasteiger partial charge in [-0.05, 0) is 102 Å². The number of esters is 2. The van der Waals surface area contributed by atoms with Crippen LogP contribution < -0.4 is 5.32 Å². The average Bonchev–Trinajstić information content (AvgIpc) is 3.26. The first-order valence-corrected chi connectivity index (χ1v) is 24.2. The highest BCUT2D eigenvalue weighted by molar-refractivity contribution is 5.78. The van der Waals surface area contributed by atoms with E-state index >= 15 is 0 Å². The Balaban J connectivity index is 1.74. The average molecular weight is 930 g/mol. The summed E-state index contributed by atoms with van der Waals surface area (Å²) in [5, 5.41) is 37.9. The van der Waals surface area contributed by atoms with Crippen LogP contribution in [0.15, 0.2) is 0 Å². The molecule has 18 atom stereocenters. The van der Waals surface area contributed by atoms with E-state index in [1.807, 2.05) is 39.8 Å². The van der Waals surface area contributed by atoms with Gasteiger partial charge in [-0.15, -0.1) is 0 Å². The van der Waals surface area contributed by atoms with Gasteiger partial charge in [0, 0.05) is 51.1 Å². The lowest BCUT2D eigenvalue weighted by atomic mass is 9.77. The van der Waals surface area contributed by atoms with Gasteiger partial charge in [-0.1, -0.05) is 40.0 Å². The number of nitrogens with zero attached hydrogens (tertiary/aromatic N) is 2. The standard InChI is InChI=1S/C48H87N3O14/c1-16-35-48(10,57)40(54)31(6)49-43(55)27(2)25-46(8,58-14)41(65-45-38(53)34(50(11)12)24-28(3)60-45)29(4)39(30(5)44(56)62-35)64-37-26-47(9,59-15)42(32(7)61-37)63-36(52)22-23-51(13)33-20-18-17-19-21-33/h27-35,37-42,45,53-54,57H,16-26H2,1-15H3,(H,49,55)/t27-,28-,29+,30-,31-,32+,34+,35-,37+,38-,39+,40-,41-,42+,45+,46-,47-,48-/m1/s1. The molecule has 0 aromatic rings. The van der Waals surface area contributed by atoms with Crippen LogP contribution in [0.2, 0.25) is 0 Å². The van der Waals surface area contributed by atoms with Gasteiger partial charge in [-0.25, -0.2) is 0 Å². The minimum atomic E-state index is -1.97. The van der Waals surface area contributed by atoms with Crippen LogP contribution >= 0.6 is 0 Å². The molecule has 0 bridgehead atoms. The number of ether oxygens (including phenoxy) is 8. The van der Waals surface area contributed by atoms with Crippen LogP contribution in [0.1, 0.15) is 133 Å². The summed E-state index contributed by atoms with van der Waals surface area (Å²) in [6.07, 6.45) is -2.80. The molecule has 378 valence electrons. The number of cyclic esters (lactones) is 1. The third-order valence-electron chi connectivity index (χ3n) is 15.2. The van der Waals surface area contributed by atoms with E-state index in [1.165, 1.54) is 33.3 Å². The molecule has 1 aliphatic carbocycles. The first-order valence-electron chi connectivity index (χ1n) is 24.2. The summed E-state index contributed by atoms with van der Waals surface area (Å²) < 4.78 is 51.4. The fraction of sp³-hybridized carbons (Fsp3) is 0.938.